The van der Waals surface area contributed by atoms with Crippen LogP contribution in [0.5, 0.6) is 0 Å². The average Bonchev–Trinajstić information content (AvgIpc) is 2.30. The van der Waals surface area contributed by atoms with E-state index in [-0.39, 0.29) is 12.3 Å². The van der Waals surface area contributed by atoms with Gasteiger partial charge >= 0.3 is 0 Å². The molecule has 0 unspecified atom stereocenters. The number of benzene rings is 1. The Hall–Kier alpha value is -1.79. The maximum Gasteiger partial charge on any atom is 0.236 e. The zero-order valence-electron chi connectivity index (χ0n) is 9.05. The first-order valence-corrected chi connectivity index (χ1v) is 5.36. The van der Waals surface area contributed by atoms with Crippen LogP contribution in [0.15, 0.2) is 18.2 Å². The zero-order chi connectivity index (χ0) is 11.4. The SMILES string of the molecule is C#CCC(=O)Nc1cccc2c1CNCC2. The monoisotopic (exact) mass is 214 g/mol. The molecule has 3 heteroatoms. The van der Waals surface area contributed by atoms with Crippen LogP contribution in [-0.2, 0) is 17.8 Å². The first-order valence-electron chi connectivity index (χ1n) is 5.36. The number of carbonyl (C=O) groups excluding carboxylic acids is 1. The van der Waals surface area contributed by atoms with Crippen LogP contribution in [0.4, 0.5) is 5.69 Å². The number of rotatable bonds is 2. The molecule has 1 aliphatic rings. The van der Waals surface area contributed by atoms with Crippen molar-refractivity contribution >= 4 is 11.6 Å². The molecule has 0 radical (unpaired) electrons. The second-order valence-electron chi connectivity index (χ2n) is 3.80. The Bertz CT molecular complexity index is 446. The number of carbonyl (C=O) groups is 1. The highest BCUT2D eigenvalue weighted by molar-refractivity contribution is 5.93. The van der Waals surface area contributed by atoms with Crippen LogP contribution in [-0.4, -0.2) is 12.5 Å². The molecule has 0 fully saturated rings. The average molecular weight is 214 g/mol. The Labute approximate surface area is 95.2 Å². The van der Waals surface area contributed by atoms with Crippen molar-refractivity contribution in [3.8, 4) is 12.3 Å². The van der Waals surface area contributed by atoms with Gasteiger partial charge in [0.2, 0.25) is 5.91 Å². The minimum absolute atomic E-state index is 0.122. The fourth-order valence-electron chi connectivity index (χ4n) is 1.92. The third-order valence-electron chi connectivity index (χ3n) is 2.68. The van der Waals surface area contributed by atoms with Gasteiger partial charge in [0.15, 0.2) is 0 Å². The molecule has 2 rings (SSSR count). The van der Waals surface area contributed by atoms with Gasteiger partial charge in [-0.15, -0.1) is 6.42 Å². The highest BCUT2D eigenvalue weighted by Crippen LogP contribution is 2.22. The van der Waals surface area contributed by atoms with E-state index in [0.717, 1.165) is 25.2 Å². The van der Waals surface area contributed by atoms with Crippen molar-refractivity contribution in [2.75, 3.05) is 11.9 Å². The summed E-state index contributed by atoms with van der Waals surface area (Å²) in [5.74, 6) is 2.22. The van der Waals surface area contributed by atoms with Crippen molar-refractivity contribution in [1.29, 1.82) is 0 Å². The molecule has 0 aromatic heterocycles. The Morgan fingerprint density at radius 3 is 3.25 bits per heavy atom. The normalized spacial score (nSPS) is 13.7. The molecule has 1 aromatic rings. The molecular formula is C13H14N2O. The summed E-state index contributed by atoms with van der Waals surface area (Å²) >= 11 is 0. The van der Waals surface area contributed by atoms with Gasteiger partial charge in [-0.1, -0.05) is 18.1 Å². The maximum absolute atomic E-state index is 11.4. The summed E-state index contributed by atoms with van der Waals surface area (Å²) in [7, 11) is 0. The number of nitrogens with one attached hydrogen (secondary N) is 2. The second kappa shape index (κ2) is 4.82. The van der Waals surface area contributed by atoms with Crippen LogP contribution >= 0.6 is 0 Å². The number of anilines is 1. The van der Waals surface area contributed by atoms with Crippen molar-refractivity contribution in [2.45, 2.75) is 19.4 Å². The van der Waals surface area contributed by atoms with E-state index in [2.05, 4.69) is 22.6 Å². The molecule has 1 aliphatic heterocycles. The third kappa shape index (κ3) is 2.23. The number of hydrogen-bond donors (Lipinski definition) is 2. The van der Waals surface area contributed by atoms with Crippen molar-refractivity contribution < 1.29 is 4.79 Å². The fraction of sp³-hybridized carbons (Fsp3) is 0.308. The molecule has 1 heterocycles. The molecule has 0 spiro atoms. The van der Waals surface area contributed by atoms with E-state index in [9.17, 15) is 4.79 Å². The van der Waals surface area contributed by atoms with E-state index in [4.69, 9.17) is 6.42 Å². The zero-order valence-corrected chi connectivity index (χ0v) is 9.05. The molecule has 3 nitrogen and oxygen atoms in total. The van der Waals surface area contributed by atoms with Gasteiger partial charge in [0.25, 0.3) is 0 Å². The lowest BCUT2D eigenvalue weighted by atomic mass is 9.99. The quantitative estimate of drug-likeness (QED) is 0.728. The van der Waals surface area contributed by atoms with Gasteiger partial charge < -0.3 is 10.6 Å². The van der Waals surface area contributed by atoms with Gasteiger partial charge in [-0.25, -0.2) is 0 Å². The molecule has 0 saturated heterocycles. The van der Waals surface area contributed by atoms with Crippen LogP contribution in [0, 0.1) is 12.3 Å². The van der Waals surface area contributed by atoms with Crippen molar-refractivity contribution in [1.82, 2.24) is 5.32 Å². The summed E-state index contributed by atoms with van der Waals surface area (Å²) in [5, 5.41) is 6.14. The molecule has 2 N–H and O–H groups in total. The lowest BCUT2D eigenvalue weighted by Crippen LogP contribution is -2.25. The number of fused-ring (bicyclic) bond motifs is 1. The summed E-state index contributed by atoms with van der Waals surface area (Å²) in [6, 6.07) is 5.99. The fourth-order valence-corrected chi connectivity index (χ4v) is 1.92. The lowest BCUT2D eigenvalue weighted by molar-refractivity contribution is -0.115. The van der Waals surface area contributed by atoms with E-state index in [1.54, 1.807) is 0 Å². The maximum atomic E-state index is 11.4. The molecule has 0 atom stereocenters. The summed E-state index contributed by atoms with van der Waals surface area (Å²) in [4.78, 5) is 11.4. The molecular weight excluding hydrogens is 200 g/mol. The van der Waals surface area contributed by atoms with E-state index in [0.29, 0.717) is 0 Å². The summed E-state index contributed by atoms with van der Waals surface area (Å²) < 4.78 is 0. The minimum atomic E-state index is -0.124. The van der Waals surface area contributed by atoms with Crippen molar-refractivity contribution in [3.05, 3.63) is 29.3 Å². The number of terminal acetylenes is 1. The predicted molar refractivity (Wildman–Crippen MR) is 63.9 cm³/mol. The van der Waals surface area contributed by atoms with E-state index < -0.39 is 0 Å². The Morgan fingerprint density at radius 1 is 1.56 bits per heavy atom. The molecule has 1 aromatic carbocycles. The van der Waals surface area contributed by atoms with Crippen LogP contribution in [0.2, 0.25) is 0 Å². The van der Waals surface area contributed by atoms with Gasteiger partial charge in [0.05, 0.1) is 6.42 Å². The van der Waals surface area contributed by atoms with E-state index in [1.165, 1.54) is 11.1 Å². The number of amides is 1. The van der Waals surface area contributed by atoms with Crippen LogP contribution in [0.25, 0.3) is 0 Å². The molecule has 0 bridgehead atoms. The van der Waals surface area contributed by atoms with Crippen molar-refractivity contribution in [3.63, 3.8) is 0 Å². The van der Waals surface area contributed by atoms with Crippen LogP contribution in [0.3, 0.4) is 0 Å². The molecule has 1 amide bonds. The molecule has 16 heavy (non-hydrogen) atoms. The van der Waals surface area contributed by atoms with Gasteiger partial charge in [0, 0.05) is 12.2 Å². The Kier molecular flexibility index (Phi) is 3.23. The summed E-state index contributed by atoms with van der Waals surface area (Å²) in [6.07, 6.45) is 6.23. The highest BCUT2D eigenvalue weighted by atomic mass is 16.1. The first-order chi connectivity index (χ1) is 7.81. The van der Waals surface area contributed by atoms with Crippen LogP contribution < -0.4 is 10.6 Å². The summed E-state index contributed by atoms with van der Waals surface area (Å²) in [5.41, 5.74) is 3.36. The smallest absolute Gasteiger partial charge is 0.236 e. The standard InChI is InChI=1S/C13H14N2O/c1-2-4-13(16)15-12-6-3-5-10-7-8-14-9-11(10)12/h1,3,5-6,14H,4,7-9H2,(H,15,16). The van der Waals surface area contributed by atoms with Crippen LogP contribution in [0.1, 0.15) is 17.5 Å². The second-order valence-corrected chi connectivity index (χ2v) is 3.80. The summed E-state index contributed by atoms with van der Waals surface area (Å²) in [6.45, 7) is 1.80. The van der Waals surface area contributed by atoms with Gasteiger partial charge in [-0.05, 0) is 30.2 Å². The molecule has 82 valence electrons. The predicted octanol–water partition coefficient (Wildman–Crippen LogP) is 1.29. The lowest BCUT2D eigenvalue weighted by Gasteiger charge is -2.20. The first kappa shape index (κ1) is 10.7. The van der Waals surface area contributed by atoms with Crippen molar-refractivity contribution in [2.24, 2.45) is 0 Å². The van der Waals surface area contributed by atoms with E-state index in [1.807, 2.05) is 12.1 Å². The largest absolute Gasteiger partial charge is 0.325 e. The third-order valence-corrected chi connectivity index (χ3v) is 2.68. The van der Waals surface area contributed by atoms with Gasteiger partial charge in [-0.3, -0.25) is 4.79 Å². The van der Waals surface area contributed by atoms with E-state index >= 15 is 0 Å². The molecule has 0 saturated carbocycles. The molecule has 0 aliphatic carbocycles. The minimum Gasteiger partial charge on any atom is -0.325 e. The van der Waals surface area contributed by atoms with Gasteiger partial charge in [-0.2, -0.15) is 0 Å². The Balaban J connectivity index is 2.21. The Morgan fingerprint density at radius 2 is 2.44 bits per heavy atom. The highest BCUT2D eigenvalue weighted by Gasteiger charge is 2.13. The topological polar surface area (TPSA) is 41.1 Å². The number of hydrogen-bond acceptors (Lipinski definition) is 2. The van der Waals surface area contributed by atoms with Gasteiger partial charge in [0.1, 0.15) is 0 Å².